The highest BCUT2D eigenvalue weighted by molar-refractivity contribution is 7.86. The van der Waals surface area contributed by atoms with E-state index in [0.29, 0.717) is 0 Å². The van der Waals surface area contributed by atoms with Gasteiger partial charge in [-0.25, -0.2) is 9.59 Å². The van der Waals surface area contributed by atoms with Crippen molar-refractivity contribution in [1.29, 1.82) is 0 Å². The van der Waals surface area contributed by atoms with Gasteiger partial charge in [0, 0.05) is 18.9 Å². The molecule has 3 N–H and O–H groups in total. The molecule has 0 aromatic rings. The third-order valence-electron chi connectivity index (χ3n) is 4.07. The zero-order valence-corrected chi connectivity index (χ0v) is 18.0. The van der Waals surface area contributed by atoms with Gasteiger partial charge in [0.25, 0.3) is 10.1 Å². The monoisotopic (exact) mass is 441 g/mol. The summed E-state index contributed by atoms with van der Waals surface area (Å²) in [4.78, 5) is 33.2. The molecule has 0 aromatic heterocycles. The molecule has 2 atom stereocenters. The van der Waals surface area contributed by atoms with E-state index in [1.54, 1.807) is 6.92 Å². The van der Waals surface area contributed by atoms with Gasteiger partial charge >= 0.3 is 12.1 Å². The van der Waals surface area contributed by atoms with E-state index in [-0.39, 0.29) is 44.9 Å². The second-order valence-corrected chi connectivity index (χ2v) is 8.64. The number of nitrogens with one attached hydrogen (secondary N) is 1. The Morgan fingerprint density at radius 1 is 1.14 bits per heavy atom. The highest BCUT2D eigenvalue weighted by atomic mass is 32.2. The summed E-state index contributed by atoms with van der Waals surface area (Å²) in [6, 6.07) is 0. The van der Waals surface area contributed by atoms with Crippen LogP contribution in [0.3, 0.4) is 0 Å². The Labute approximate surface area is 170 Å². The largest absolute Gasteiger partial charge is 0.508 e. The fourth-order valence-corrected chi connectivity index (χ4v) is 3.65. The molecule has 0 saturated heterocycles. The molecule has 29 heavy (non-hydrogen) atoms. The molecule has 11 nitrogen and oxygen atoms in total. The number of aliphatic hydroxyl groups excluding tert-OH is 1. The van der Waals surface area contributed by atoms with Crippen molar-refractivity contribution in [2.45, 2.75) is 59.2 Å². The molecule has 170 valence electrons. The van der Waals surface area contributed by atoms with Crippen LogP contribution < -0.4 is 5.32 Å². The lowest BCUT2D eigenvalue weighted by atomic mass is 9.79. The van der Waals surface area contributed by atoms with Crippen molar-refractivity contribution in [3.63, 3.8) is 0 Å². The van der Waals surface area contributed by atoms with Crippen LogP contribution in [0.1, 0.15) is 47.0 Å². The van der Waals surface area contributed by atoms with Gasteiger partial charge in [0.05, 0.1) is 25.1 Å². The fourth-order valence-electron chi connectivity index (χ4n) is 2.36. The van der Waals surface area contributed by atoms with Crippen LogP contribution in [0, 0.1) is 5.41 Å². The van der Waals surface area contributed by atoms with Gasteiger partial charge in [-0.1, -0.05) is 13.8 Å². The van der Waals surface area contributed by atoms with Gasteiger partial charge in [0.15, 0.2) is 6.10 Å². The minimum Gasteiger partial charge on any atom is -0.479 e. The smallest absolute Gasteiger partial charge is 0.479 e. The molecule has 0 bridgehead atoms. The molecule has 0 aromatic carbocycles. The number of aliphatic carboxylic acids is 1. The lowest BCUT2D eigenvalue weighted by Crippen LogP contribution is -2.47. The van der Waals surface area contributed by atoms with Crippen LogP contribution in [0.4, 0.5) is 4.79 Å². The van der Waals surface area contributed by atoms with Crippen molar-refractivity contribution in [1.82, 2.24) is 5.32 Å². The third-order valence-corrected chi connectivity index (χ3v) is 5.38. The second kappa shape index (κ2) is 12.6. The van der Waals surface area contributed by atoms with Crippen LogP contribution in [0.2, 0.25) is 0 Å². The van der Waals surface area contributed by atoms with Crippen LogP contribution in [0.5, 0.6) is 0 Å². The van der Waals surface area contributed by atoms with Crippen molar-refractivity contribution in [3.05, 3.63) is 0 Å². The highest BCUT2D eigenvalue weighted by Gasteiger charge is 2.43. The average Bonchev–Trinajstić information content (AvgIpc) is 2.60. The SMILES string of the molecule is CCOC(=O)OCCCC(OS(=O)(=O)CCCNC(C)=O)C(C)(C)[C@@H](O)C(=O)O. The summed E-state index contributed by atoms with van der Waals surface area (Å²) in [7, 11) is -4.07. The minimum absolute atomic E-state index is 0.00166. The number of amides is 1. The first kappa shape index (κ1) is 27.1. The molecule has 0 rings (SSSR count). The number of hydrogen-bond acceptors (Lipinski definition) is 9. The zero-order valence-electron chi connectivity index (χ0n) is 17.2. The maximum atomic E-state index is 12.3. The van der Waals surface area contributed by atoms with Gasteiger partial charge < -0.3 is 25.0 Å². The first-order valence-corrected chi connectivity index (χ1v) is 10.8. The molecule has 0 spiro atoms. The maximum absolute atomic E-state index is 12.3. The summed E-state index contributed by atoms with van der Waals surface area (Å²) < 4.78 is 39.2. The Kier molecular flexibility index (Phi) is 11.8. The number of carboxylic acids is 1. The van der Waals surface area contributed by atoms with E-state index in [0.717, 1.165) is 0 Å². The van der Waals surface area contributed by atoms with Crippen LogP contribution >= 0.6 is 0 Å². The van der Waals surface area contributed by atoms with Gasteiger partial charge in [-0.05, 0) is 26.2 Å². The molecule has 0 saturated carbocycles. The van der Waals surface area contributed by atoms with E-state index < -0.39 is 45.6 Å². The maximum Gasteiger partial charge on any atom is 0.508 e. The van der Waals surface area contributed by atoms with E-state index in [2.05, 4.69) is 10.1 Å². The molecule has 0 heterocycles. The normalized spacial score (nSPS) is 14.0. The third kappa shape index (κ3) is 11.0. The molecule has 1 amide bonds. The molecule has 12 heteroatoms. The number of aliphatic hydroxyl groups is 1. The fraction of sp³-hybridized carbons (Fsp3) is 0.824. The molecule has 0 fully saturated rings. The van der Waals surface area contributed by atoms with Crippen LogP contribution in [-0.2, 0) is 33.4 Å². The number of carboxylic acid groups (broad SMARTS) is 1. The summed E-state index contributed by atoms with van der Waals surface area (Å²) in [5, 5.41) is 21.6. The van der Waals surface area contributed by atoms with Gasteiger partial charge in [-0.15, -0.1) is 0 Å². The zero-order chi connectivity index (χ0) is 22.7. The number of carbonyl (C=O) groups is 3. The van der Waals surface area contributed by atoms with Crippen LogP contribution in [0.15, 0.2) is 0 Å². The Morgan fingerprint density at radius 2 is 1.76 bits per heavy atom. The van der Waals surface area contributed by atoms with Crippen molar-refractivity contribution >= 4 is 28.1 Å². The Bertz CT molecular complexity index is 647. The Balaban J connectivity index is 5.05. The number of ether oxygens (including phenoxy) is 2. The molecular weight excluding hydrogens is 410 g/mol. The summed E-state index contributed by atoms with van der Waals surface area (Å²) in [5.41, 5.74) is -1.46. The van der Waals surface area contributed by atoms with Crippen molar-refractivity contribution in [3.8, 4) is 0 Å². The van der Waals surface area contributed by atoms with E-state index >= 15 is 0 Å². The lowest BCUT2D eigenvalue weighted by molar-refractivity contribution is -0.158. The number of hydrogen-bond donors (Lipinski definition) is 3. The molecule has 0 aliphatic heterocycles. The van der Waals surface area contributed by atoms with Crippen molar-refractivity contribution in [2.75, 3.05) is 25.5 Å². The highest BCUT2D eigenvalue weighted by Crippen LogP contribution is 2.32. The number of carbonyl (C=O) groups excluding carboxylic acids is 2. The topological polar surface area (TPSA) is 166 Å². The second-order valence-electron chi connectivity index (χ2n) is 6.92. The minimum atomic E-state index is -4.07. The molecule has 0 aliphatic rings. The van der Waals surface area contributed by atoms with Crippen LogP contribution in [0.25, 0.3) is 0 Å². The van der Waals surface area contributed by atoms with Crippen molar-refractivity contribution < 1.29 is 46.7 Å². The Morgan fingerprint density at radius 3 is 2.28 bits per heavy atom. The van der Waals surface area contributed by atoms with Gasteiger partial charge in [-0.3, -0.25) is 8.98 Å². The summed E-state index contributed by atoms with van der Waals surface area (Å²) in [5.74, 6) is -2.22. The van der Waals surface area contributed by atoms with Crippen molar-refractivity contribution in [2.24, 2.45) is 5.41 Å². The van der Waals surface area contributed by atoms with E-state index in [9.17, 15) is 27.9 Å². The summed E-state index contributed by atoms with van der Waals surface area (Å²) in [6.45, 7) is 5.83. The predicted octanol–water partition coefficient (Wildman–Crippen LogP) is 0.653. The first-order valence-electron chi connectivity index (χ1n) is 9.19. The Hall–Kier alpha value is -1.92. The quantitative estimate of drug-likeness (QED) is 0.198. The molecule has 1 unspecified atom stereocenters. The van der Waals surface area contributed by atoms with E-state index in [4.69, 9.17) is 14.0 Å². The van der Waals surface area contributed by atoms with Crippen LogP contribution in [-0.4, -0.2) is 74.4 Å². The lowest BCUT2D eigenvalue weighted by Gasteiger charge is -2.35. The average molecular weight is 441 g/mol. The van der Waals surface area contributed by atoms with Gasteiger partial charge in [0.2, 0.25) is 5.91 Å². The number of rotatable bonds is 14. The molecule has 0 radical (unpaired) electrons. The molecular formula is C17H31NO10S. The summed E-state index contributed by atoms with van der Waals surface area (Å²) in [6.07, 6.45) is -3.69. The summed E-state index contributed by atoms with van der Waals surface area (Å²) >= 11 is 0. The van der Waals surface area contributed by atoms with E-state index in [1.165, 1.54) is 20.8 Å². The van der Waals surface area contributed by atoms with E-state index in [1.807, 2.05) is 0 Å². The van der Waals surface area contributed by atoms with Gasteiger partial charge in [0.1, 0.15) is 0 Å². The first-order chi connectivity index (χ1) is 13.3. The van der Waals surface area contributed by atoms with Gasteiger partial charge in [-0.2, -0.15) is 8.42 Å². The predicted molar refractivity (Wildman–Crippen MR) is 102 cm³/mol. The standard InChI is InChI=1S/C17H31NO10S/c1-5-26-16(23)27-10-6-8-13(17(3,4)14(20)15(21)22)28-29(24,25)11-7-9-18-12(2)19/h13-14,20H,5-11H2,1-4H3,(H,18,19)(H,21,22)/t13?,14-/m0/s1. The molecule has 0 aliphatic carbocycles.